The molecule has 0 aliphatic heterocycles. The summed E-state index contributed by atoms with van der Waals surface area (Å²) in [5.41, 5.74) is 1.20. The van der Waals surface area contributed by atoms with Crippen LogP contribution in [0, 0.1) is 5.92 Å². The van der Waals surface area contributed by atoms with Crippen LogP contribution in [-0.4, -0.2) is 45.3 Å². The Kier molecular flexibility index (Phi) is 9.20. The highest BCUT2D eigenvalue weighted by molar-refractivity contribution is 7.89. The van der Waals surface area contributed by atoms with Gasteiger partial charge in [-0.3, -0.25) is 9.59 Å². The zero-order valence-corrected chi connectivity index (χ0v) is 20.8. The molecule has 11 heteroatoms. The molecule has 1 aromatic heterocycles. The van der Waals surface area contributed by atoms with Gasteiger partial charge in [-0.2, -0.15) is 0 Å². The van der Waals surface area contributed by atoms with Crippen molar-refractivity contribution >= 4 is 38.8 Å². The molecular formula is C25H29N3O7S. The lowest BCUT2D eigenvalue weighted by Crippen LogP contribution is -2.49. The minimum Gasteiger partial charge on any atom is -0.445 e. The Bertz CT molecular complexity index is 1270. The summed E-state index contributed by atoms with van der Waals surface area (Å²) >= 11 is 0. The van der Waals surface area contributed by atoms with Crippen molar-refractivity contribution in [1.82, 2.24) is 15.4 Å². The van der Waals surface area contributed by atoms with E-state index in [9.17, 15) is 22.8 Å². The van der Waals surface area contributed by atoms with Gasteiger partial charge in [0.2, 0.25) is 11.0 Å². The van der Waals surface area contributed by atoms with E-state index in [1.807, 2.05) is 32.0 Å². The third-order valence-corrected chi connectivity index (χ3v) is 6.37. The van der Waals surface area contributed by atoms with Crippen molar-refractivity contribution in [3.05, 3.63) is 66.2 Å². The van der Waals surface area contributed by atoms with Gasteiger partial charge in [-0.1, -0.05) is 62.4 Å². The Morgan fingerprint density at radius 3 is 2.36 bits per heavy atom. The van der Waals surface area contributed by atoms with Gasteiger partial charge in [-0.05, 0) is 24.0 Å². The number of ether oxygens (including phenoxy) is 1. The van der Waals surface area contributed by atoms with E-state index in [1.54, 1.807) is 36.4 Å². The summed E-state index contributed by atoms with van der Waals surface area (Å²) in [5.74, 6) is -1.08. The topological polar surface area (TPSA) is 144 Å². The zero-order chi connectivity index (χ0) is 26.1. The van der Waals surface area contributed by atoms with Gasteiger partial charge in [0.15, 0.2) is 5.78 Å². The van der Waals surface area contributed by atoms with Crippen LogP contribution in [0.4, 0.5) is 4.79 Å². The molecule has 1 heterocycles. The first kappa shape index (κ1) is 26.9. The van der Waals surface area contributed by atoms with Crippen molar-refractivity contribution in [2.75, 3.05) is 13.1 Å². The summed E-state index contributed by atoms with van der Waals surface area (Å²) in [6.07, 6.45) is -0.441. The number of carbonyl (C=O) groups excluding carboxylic acids is 3. The van der Waals surface area contributed by atoms with Gasteiger partial charge in [0.25, 0.3) is 10.0 Å². The molecule has 1 atom stereocenters. The highest BCUT2D eigenvalue weighted by Crippen LogP contribution is 2.22. The van der Waals surface area contributed by atoms with E-state index in [-0.39, 0.29) is 17.6 Å². The van der Waals surface area contributed by atoms with Crippen molar-refractivity contribution < 1.29 is 32.0 Å². The fourth-order valence-corrected chi connectivity index (χ4v) is 4.29. The molecule has 3 rings (SSSR count). The maximum atomic E-state index is 12.6. The number of fused-ring (bicyclic) bond motifs is 1. The Morgan fingerprint density at radius 2 is 1.67 bits per heavy atom. The average molecular weight is 516 g/mol. The van der Waals surface area contributed by atoms with E-state index in [1.165, 1.54) is 6.07 Å². The van der Waals surface area contributed by atoms with Crippen LogP contribution in [0.1, 0.15) is 25.8 Å². The maximum absolute atomic E-state index is 12.6. The molecule has 0 spiro atoms. The van der Waals surface area contributed by atoms with Crippen LogP contribution in [0.2, 0.25) is 0 Å². The van der Waals surface area contributed by atoms with Gasteiger partial charge >= 0.3 is 6.09 Å². The molecule has 192 valence electrons. The van der Waals surface area contributed by atoms with E-state index < -0.39 is 46.9 Å². The third-order valence-electron chi connectivity index (χ3n) is 5.12. The minimum absolute atomic E-state index is 0.0482. The molecule has 2 amide bonds. The van der Waals surface area contributed by atoms with E-state index >= 15 is 0 Å². The SMILES string of the molecule is CC(C)C[C@H](NC(=O)OCc1ccccc1)C(=O)NCC(=O)CNS(=O)(=O)c1cc2ccccc2o1. The molecule has 0 radical (unpaired) electrons. The largest absolute Gasteiger partial charge is 0.445 e. The number of ketones is 1. The maximum Gasteiger partial charge on any atom is 0.408 e. The number of rotatable bonds is 12. The smallest absolute Gasteiger partial charge is 0.408 e. The Hall–Kier alpha value is -3.70. The molecule has 3 aromatic rings. The summed E-state index contributed by atoms with van der Waals surface area (Å²) in [6.45, 7) is 2.86. The molecule has 0 fully saturated rings. The Balaban J connectivity index is 1.48. The number of alkyl carbamates (subject to hydrolysis) is 1. The normalized spacial score (nSPS) is 12.3. The van der Waals surface area contributed by atoms with Crippen molar-refractivity contribution in [1.29, 1.82) is 0 Å². The Labute approximate surface area is 209 Å². The van der Waals surface area contributed by atoms with E-state index in [2.05, 4.69) is 15.4 Å². The number of hydrogen-bond acceptors (Lipinski definition) is 7. The predicted molar refractivity (Wildman–Crippen MR) is 132 cm³/mol. The molecule has 3 N–H and O–H groups in total. The van der Waals surface area contributed by atoms with Crippen LogP contribution < -0.4 is 15.4 Å². The van der Waals surface area contributed by atoms with Crippen LogP contribution in [0.25, 0.3) is 11.0 Å². The van der Waals surface area contributed by atoms with Crippen LogP contribution in [0.5, 0.6) is 0 Å². The summed E-state index contributed by atoms with van der Waals surface area (Å²) in [7, 11) is -4.06. The number of carbonyl (C=O) groups is 3. The molecule has 0 aliphatic rings. The zero-order valence-electron chi connectivity index (χ0n) is 20.0. The van der Waals surface area contributed by atoms with Gasteiger partial charge in [0, 0.05) is 11.5 Å². The van der Waals surface area contributed by atoms with E-state index in [0.29, 0.717) is 17.4 Å². The first-order valence-electron chi connectivity index (χ1n) is 11.4. The molecule has 0 saturated heterocycles. The first-order valence-corrected chi connectivity index (χ1v) is 12.9. The Morgan fingerprint density at radius 1 is 0.972 bits per heavy atom. The number of furan rings is 1. The number of nitrogens with one attached hydrogen (secondary N) is 3. The van der Waals surface area contributed by atoms with Crippen molar-refractivity contribution in [2.24, 2.45) is 5.92 Å². The monoisotopic (exact) mass is 515 g/mol. The fourth-order valence-electron chi connectivity index (χ4n) is 3.32. The molecular weight excluding hydrogens is 486 g/mol. The highest BCUT2D eigenvalue weighted by atomic mass is 32.2. The van der Waals surface area contributed by atoms with Gasteiger partial charge in [0.05, 0.1) is 13.1 Å². The number of hydrogen-bond donors (Lipinski definition) is 3. The lowest BCUT2D eigenvalue weighted by molar-refractivity contribution is -0.126. The fraction of sp³-hybridized carbons (Fsp3) is 0.320. The lowest BCUT2D eigenvalue weighted by Gasteiger charge is -2.20. The minimum atomic E-state index is -4.06. The van der Waals surface area contributed by atoms with E-state index in [4.69, 9.17) is 9.15 Å². The molecule has 10 nitrogen and oxygen atoms in total. The van der Waals surface area contributed by atoms with Crippen molar-refractivity contribution in [3.8, 4) is 0 Å². The number of para-hydroxylation sites is 1. The van der Waals surface area contributed by atoms with Crippen LogP contribution in [0.15, 0.2) is 70.2 Å². The quantitative estimate of drug-likeness (QED) is 0.336. The number of sulfonamides is 1. The molecule has 0 unspecified atom stereocenters. The second-order valence-electron chi connectivity index (χ2n) is 8.57. The molecule has 0 aliphatic carbocycles. The van der Waals surface area contributed by atoms with Gasteiger partial charge in [-0.25, -0.2) is 17.9 Å². The molecule has 2 aromatic carbocycles. The summed E-state index contributed by atoms with van der Waals surface area (Å²) in [4.78, 5) is 37.1. The van der Waals surface area contributed by atoms with Crippen LogP contribution >= 0.6 is 0 Å². The molecule has 36 heavy (non-hydrogen) atoms. The third kappa shape index (κ3) is 7.92. The van der Waals surface area contributed by atoms with Crippen molar-refractivity contribution in [3.63, 3.8) is 0 Å². The van der Waals surface area contributed by atoms with Gasteiger partial charge in [0.1, 0.15) is 18.2 Å². The summed E-state index contributed by atoms with van der Waals surface area (Å²) < 4.78 is 37.6. The first-order chi connectivity index (χ1) is 17.1. The standard InChI is InChI=1S/C25H29N3O7S/c1-17(2)12-21(28-25(31)34-16-18-8-4-3-5-9-18)24(30)26-14-20(29)15-27-36(32,33)23-13-19-10-6-7-11-22(19)35-23/h3-11,13,17,21,27H,12,14-16H2,1-2H3,(H,26,30)(H,28,31)/t21-/m0/s1. The van der Waals surface area contributed by atoms with Gasteiger partial charge < -0.3 is 19.8 Å². The summed E-state index contributed by atoms with van der Waals surface area (Å²) in [6, 6.07) is 16.3. The second kappa shape index (κ2) is 12.3. The lowest BCUT2D eigenvalue weighted by atomic mass is 10.0. The van der Waals surface area contributed by atoms with Crippen LogP contribution in [-0.2, 0) is 31.0 Å². The second-order valence-corrected chi connectivity index (χ2v) is 10.3. The predicted octanol–water partition coefficient (Wildman–Crippen LogP) is 2.74. The molecule has 0 saturated carbocycles. The number of amides is 2. The average Bonchev–Trinajstić information content (AvgIpc) is 3.30. The number of benzene rings is 2. The number of Topliss-reactive ketones (excluding diaryl/α,β-unsaturated/α-hetero) is 1. The van der Waals surface area contributed by atoms with Crippen LogP contribution in [0.3, 0.4) is 0 Å². The highest BCUT2D eigenvalue weighted by Gasteiger charge is 2.24. The summed E-state index contributed by atoms with van der Waals surface area (Å²) in [5, 5.41) is 5.28. The van der Waals surface area contributed by atoms with E-state index in [0.717, 1.165) is 5.56 Å². The van der Waals surface area contributed by atoms with Gasteiger partial charge in [-0.15, -0.1) is 0 Å². The van der Waals surface area contributed by atoms with Crippen molar-refractivity contribution in [2.45, 2.75) is 38.0 Å². The molecule has 0 bridgehead atoms.